The maximum absolute atomic E-state index is 11.8. The second kappa shape index (κ2) is 5.07. The molecule has 0 aromatic carbocycles. The third kappa shape index (κ3) is 2.14. The van der Waals surface area contributed by atoms with Crippen LogP contribution in [0.15, 0.2) is 42.9 Å². The molecule has 0 saturated carbocycles. The third-order valence-corrected chi connectivity index (χ3v) is 3.66. The lowest BCUT2D eigenvalue weighted by atomic mass is 10.1. The largest absolute Gasteiger partial charge is 0.356 e. The fourth-order valence-corrected chi connectivity index (χ4v) is 2.57. The topological polar surface area (TPSA) is 83.6 Å². The molecule has 4 heterocycles. The van der Waals surface area contributed by atoms with Crippen LogP contribution in [0.3, 0.4) is 0 Å². The number of nitrogens with one attached hydrogen (secondary N) is 2. The molecule has 4 rings (SSSR count). The zero-order valence-corrected chi connectivity index (χ0v) is 11.7. The molecule has 6 heteroatoms. The van der Waals surface area contributed by atoms with Crippen molar-refractivity contribution in [1.82, 2.24) is 25.3 Å². The van der Waals surface area contributed by atoms with Gasteiger partial charge < -0.3 is 10.3 Å². The first kappa shape index (κ1) is 12.7. The molecule has 3 aromatic heterocycles. The fourth-order valence-electron chi connectivity index (χ4n) is 2.57. The highest BCUT2D eigenvalue weighted by atomic mass is 16.1. The Morgan fingerprint density at radius 1 is 1.18 bits per heavy atom. The Hall–Kier alpha value is -3.02. The average Bonchev–Trinajstić information content (AvgIpc) is 3.02. The number of pyridine rings is 1. The van der Waals surface area contributed by atoms with Gasteiger partial charge in [-0.15, -0.1) is 0 Å². The summed E-state index contributed by atoms with van der Waals surface area (Å²) in [5.74, 6) is 0.577. The zero-order chi connectivity index (χ0) is 14.9. The highest BCUT2D eigenvalue weighted by molar-refractivity contribution is 5.97. The average molecular weight is 291 g/mol. The predicted molar refractivity (Wildman–Crippen MR) is 81.1 cm³/mol. The molecule has 108 valence electrons. The smallest absolute Gasteiger partial charge is 0.253 e. The van der Waals surface area contributed by atoms with Gasteiger partial charge in [-0.3, -0.25) is 9.78 Å². The highest BCUT2D eigenvalue weighted by Crippen LogP contribution is 2.24. The molecule has 1 amide bonds. The predicted octanol–water partition coefficient (Wildman–Crippen LogP) is 1.82. The Morgan fingerprint density at radius 2 is 2.14 bits per heavy atom. The maximum Gasteiger partial charge on any atom is 0.253 e. The number of nitrogens with zero attached hydrogens (tertiary/aromatic N) is 3. The molecule has 0 fully saturated rings. The van der Waals surface area contributed by atoms with Crippen molar-refractivity contribution in [3.8, 4) is 22.8 Å². The number of hydrogen-bond donors (Lipinski definition) is 2. The van der Waals surface area contributed by atoms with Crippen LogP contribution in [0.25, 0.3) is 22.8 Å². The van der Waals surface area contributed by atoms with Gasteiger partial charge in [-0.05, 0) is 24.3 Å². The number of amides is 1. The SMILES string of the molecule is O=C1NCCc2[nH]c(-c3ccnc(-c4cccnc4)n3)cc21. The van der Waals surface area contributed by atoms with Gasteiger partial charge in [0.15, 0.2) is 5.82 Å². The summed E-state index contributed by atoms with van der Waals surface area (Å²) in [6.07, 6.45) is 5.96. The molecule has 3 aromatic rings. The molecule has 0 saturated heterocycles. The van der Waals surface area contributed by atoms with Crippen molar-refractivity contribution in [3.05, 3.63) is 54.1 Å². The van der Waals surface area contributed by atoms with E-state index in [-0.39, 0.29) is 5.91 Å². The lowest BCUT2D eigenvalue weighted by molar-refractivity contribution is 0.0946. The number of carbonyl (C=O) groups excluding carboxylic acids is 1. The van der Waals surface area contributed by atoms with E-state index in [1.807, 2.05) is 24.3 Å². The quantitative estimate of drug-likeness (QED) is 0.754. The Balaban J connectivity index is 1.76. The fraction of sp³-hybridized carbons (Fsp3) is 0.125. The highest BCUT2D eigenvalue weighted by Gasteiger charge is 2.20. The molecule has 1 aliphatic heterocycles. The number of rotatable bonds is 2. The zero-order valence-electron chi connectivity index (χ0n) is 11.7. The summed E-state index contributed by atoms with van der Waals surface area (Å²) in [7, 11) is 0. The molecule has 2 N–H and O–H groups in total. The Kier molecular flexibility index (Phi) is 2.93. The summed E-state index contributed by atoms with van der Waals surface area (Å²) in [6, 6.07) is 7.44. The third-order valence-electron chi connectivity index (χ3n) is 3.66. The minimum atomic E-state index is -0.0368. The Labute approximate surface area is 126 Å². The summed E-state index contributed by atoms with van der Waals surface area (Å²) in [5.41, 5.74) is 4.10. The molecular formula is C16H13N5O. The summed E-state index contributed by atoms with van der Waals surface area (Å²) < 4.78 is 0. The summed E-state index contributed by atoms with van der Waals surface area (Å²) in [6.45, 7) is 0.663. The first-order valence-corrected chi connectivity index (χ1v) is 7.05. The number of carbonyl (C=O) groups is 1. The van der Waals surface area contributed by atoms with Crippen LogP contribution in [0, 0.1) is 0 Å². The number of aromatic nitrogens is 4. The van der Waals surface area contributed by atoms with Gasteiger partial charge >= 0.3 is 0 Å². The lowest BCUT2D eigenvalue weighted by Gasteiger charge is -2.10. The van der Waals surface area contributed by atoms with Gasteiger partial charge in [0.1, 0.15) is 0 Å². The number of aromatic amines is 1. The summed E-state index contributed by atoms with van der Waals surface area (Å²) in [5, 5.41) is 2.84. The van der Waals surface area contributed by atoms with Gasteiger partial charge in [-0.2, -0.15) is 0 Å². The van der Waals surface area contributed by atoms with E-state index < -0.39 is 0 Å². The molecule has 0 atom stereocenters. The van der Waals surface area contributed by atoms with Crippen molar-refractivity contribution in [2.24, 2.45) is 0 Å². The first-order valence-electron chi connectivity index (χ1n) is 7.05. The van der Waals surface area contributed by atoms with Crippen molar-refractivity contribution in [2.45, 2.75) is 6.42 Å². The van der Waals surface area contributed by atoms with E-state index in [9.17, 15) is 4.79 Å². The van der Waals surface area contributed by atoms with E-state index in [1.165, 1.54) is 0 Å². The number of fused-ring (bicyclic) bond motifs is 1. The Morgan fingerprint density at radius 3 is 2.95 bits per heavy atom. The van der Waals surface area contributed by atoms with Crippen LogP contribution in [0.5, 0.6) is 0 Å². The minimum absolute atomic E-state index is 0.0368. The van der Waals surface area contributed by atoms with Crippen LogP contribution in [-0.2, 0) is 6.42 Å². The van der Waals surface area contributed by atoms with Gasteiger partial charge in [0.05, 0.1) is 17.0 Å². The van der Waals surface area contributed by atoms with Crippen molar-refractivity contribution in [1.29, 1.82) is 0 Å². The monoisotopic (exact) mass is 291 g/mol. The number of hydrogen-bond acceptors (Lipinski definition) is 4. The lowest BCUT2D eigenvalue weighted by Crippen LogP contribution is -2.31. The molecule has 0 spiro atoms. The van der Waals surface area contributed by atoms with E-state index in [4.69, 9.17) is 0 Å². The van der Waals surface area contributed by atoms with Gasteiger partial charge in [0, 0.05) is 42.8 Å². The molecule has 6 nitrogen and oxygen atoms in total. The second-order valence-corrected chi connectivity index (χ2v) is 5.09. The van der Waals surface area contributed by atoms with Crippen LogP contribution in [0.2, 0.25) is 0 Å². The van der Waals surface area contributed by atoms with Gasteiger partial charge in [-0.25, -0.2) is 9.97 Å². The first-order chi connectivity index (χ1) is 10.8. The van der Waals surface area contributed by atoms with Crippen molar-refractivity contribution < 1.29 is 4.79 Å². The molecule has 0 unspecified atom stereocenters. The van der Waals surface area contributed by atoms with Crippen molar-refractivity contribution >= 4 is 5.91 Å². The molecule has 1 aliphatic rings. The van der Waals surface area contributed by atoms with Crippen LogP contribution < -0.4 is 5.32 Å². The van der Waals surface area contributed by atoms with Gasteiger partial charge in [-0.1, -0.05) is 0 Å². The molecule has 0 radical (unpaired) electrons. The van der Waals surface area contributed by atoms with E-state index in [0.717, 1.165) is 29.1 Å². The van der Waals surface area contributed by atoms with Crippen LogP contribution >= 0.6 is 0 Å². The minimum Gasteiger partial charge on any atom is -0.356 e. The van der Waals surface area contributed by atoms with Crippen molar-refractivity contribution in [2.75, 3.05) is 6.54 Å². The van der Waals surface area contributed by atoms with Crippen molar-refractivity contribution in [3.63, 3.8) is 0 Å². The van der Waals surface area contributed by atoms with Crippen LogP contribution in [0.4, 0.5) is 0 Å². The molecular weight excluding hydrogens is 278 g/mol. The molecule has 0 bridgehead atoms. The van der Waals surface area contributed by atoms with Crippen LogP contribution in [-0.4, -0.2) is 32.4 Å². The molecule has 22 heavy (non-hydrogen) atoms. The second-order valence-electron chi connectivity index (χ2n) is 5.09. The van der Waals surface area contributed by atoms with Gasteiger partial charge in [0.2, 0.25) is 0 Å². The normalized spacial score (nSPS) is 13.5. The van der Waals surface area contributed by atoms with E-state index >= 15 is 0 Å². The van der Waals surface area contributed by atoms with E-state index in [0.29, 0.717) is 17.9 Å². The van der Waals surface area contributed by atoms with Gasteiger partial charge in [0.25, 0.3) is 5.91 Å². The maximum atomic E-state index is 11.8. The summed E-state index contributed by atoms with van der Waals surface area (Å²) in [4.78, 5) is 28.1. The van der Waals surface area contributed by atoms with E-state index in [2.05, 4.69) is 25.3 Å². The van der Waals surface area contributed by atoms with Crippen LogP contribution in [0.1, 0.15) is 16.1 Å². The summed E-state index contributed by atoms with van der Waals surface area (Å²) >= 11 is 0. The Bertz CT molecular complexity index is 841. The molecule has 0 aliphatic carbocycles. The van der Waals surface area contributed by atoms with E-state index in [1.54, 1.807) is 18.6 Å². The standard InChI is InChI=1S/C16H13N5O/c22-16-11-8-14(20-12(11)3-7-19-16)13-4-6-18-15(21-13)10-2-1-5-17-9-10/h1-2,4-6,8-9,20H,3,7H2,(H,19,22). The number of H-pyrrole nitrogens is 1.